The molecule has 4 N–H and O–H groups in total. The Morgan fingerprint density at radius 3 is 2.54 bits per heavy atom. The first-order valence-corrected chi connectivity index (χ1v) is 5.01. The highest BCUT2D eigenvalue weighted by Gasteiger charge is 1.91. The van der Waals surface area contributed by atoms with E-state index < -0.39 is 0 Å². The lowest BCUT2D eigenvalue weighted by Crippen LogP contribution is -2.34. The van der Waals surface area contributed by atoms with Crippen molar-refractivity contribution in [1.82, 2.24) is 10.7 Å². The van der Waals surface area contributed by atoms with Crippen molar-refractivity contribution < 1.29 is 0 Å². The van der Waals surface area contributed by atoms with Gasteiger partial charge in [0.1, 0.15) is 0 Å². The SMILES string of the molecule is NNCNCCc1ccc(Br)cc1. The molecule has 1 aromatic carbocycles. The molecule has 0 saturated carbocycles. The molecule has 1 aromatic rings. The van der Waals surface area contributed by atoms with Gasteiger partial charge in [-0.3, -0.25) is 5.84 Å². The summed E-state index contributed by atoms with van der Waals surface area (Å²) in [7, 11) is 0. The average Bonchev–Trinajstić information content (AvgIpc) is 2.15. The van der Waals surface area contributed by atoms with Crippen LogP contribution >= 0.6 is 15.9 Å². The van der Waals surface area contributed by atoms with Crippen LogP contribution in [0, 0.1) is 0 Å². The van der Waals surface area contributed by atoms with Gasteiger partial charge in [0.15, 0.2) is 0 Å². The fourth-order valence-corrected chi connectivity index (χ4v) is 1.31. The van der Waals surface area contributed by atoms with Gasteiger partial charge in [-0.25, -0.2) is 5.43 Å². The Hall–Kier alpha value is -0.420. The highest BCUT2D eigenvalue weighted by atomic mass is 79.9. The van der Waals surface area contributed by atoms with Crippen molar-refractivity contribution in [1.29, 1.82) is 0 Å². The molecule has 0 atom stereocenters. The first-order valence-electron chi connectivity index (χ1n) is 4.21. The summed E-state index contributed by atoms with van der Waals surface area (Å²) >= 11 is 3.40. The van der Waals surface area contributed by atoms with Crippen LogP contribution in [0.3, 0.4) is 0 Å². The molecule has 0 saturated heterocycles. The van der Waals surface area contributed by atoms with Crippen LogP contribution in [-0.4, -0.2) is 13.2 Å². The topological polar surface area (TPSA) is 50.1 Å². The summed E-state index contributed by atoms with van der Waals surface area (Å²) in [5.41, 5.74) is 3.87. The molecule has 0 spiro atoms. The molecule has 0 radical (unpaired) electrons. The molecule has 4 heteroatoms. The van der Waals surface area contributed by atoms with E-state index in [0.29, 0.717) is 6.67 Å². The van der Waals surface area contributed by atoms with Crippen LogP contribution in [0.25, 0.3) is 0 Å². The number of rotatable bonds is 5. The third kappa shape index (κ3) is 4.38. The fraction of sp³-hybridized carbons (Fsp3) is 0.333. The Kier molecular flexibility index (Phi) is 5.00. The minimum atomic E-state index is 0.649. The molecule has 0 unspecified atom stereocenters. The van der Waals surface area contributed by atoms with Gasteiger partial charge in [0.25, 0.3) is 0 Å². The first-order chi connectivity index (χ1) is 6.33. The minimum absolute atomic E-state index is 0.649. The minimum Gasteiger partial charge on any atom is -0.303 e. The second-order valence-corrected chi connectivity index (χ2v) is 3.67. The first kappa shape index (κ1) is 10.7. The third-order valence-corrected chi connectivity index (χ3v) is 2.26. The number of benzene rings is 1. The van der Waals surface area contributed by atoms with E-state index in [0.717, 1.165) is 17.4 Å². The van der Waals surface area contributed by atoms with E-state index in [1.807, 2.05) is 0 Å². The van der Waals surface area contributed by atoms with Crippen LogP contribution < -0.4 is 16.6 Å². The van der Waals surface area contributed by atoms with Gasteiger partial charge in [-0.2, -0.15) is 0 Å². The smallest absolute Gasteiger partial charge is 0.0587 e. The second-order valence-electron chi connectivity index (χ2n) is 2.76. The number of nitrogens with two attached hydrogens (primary N) is 1. The third-order valence-electron chi connectivity index (χ3n) is 1.73. The molecule has 0 aliphatic heterocycles. The van der Waals surface area contributed by atoms with Crippen molar-refractivity contribution in [3.63, 3.8) is 0 Å². The van der Waals surface area contributed by atoms with Gasteiger partial charge < -0.3 is 5.32 Å². The molecule has 0 aliphatic rings. The maximum absolute atomic E-state index is 5.11. The highest BCUT2D eigenvalue weighted by Crippen LogP contribution is 2.10. The van der Waals surface area contributed by atoms with Gasteiger partial charge in [-0.1, -0.05) is 28.1 Å². The Morgan fingerprint density at radius 1 is 1.23 bits per heavy atom. The lowest BCUT2D eigenvalue weighted by Gasteiger charge is -2.03. The average molecular weight is 244 g/mol. The zero-order valence-corrected chi connectivity index (χ0v) is 8.97. The summed E-state index contributed by atoms with van der Waals surface area (Å²) < 4.78 is 1.12. The normalized spacial score (nSPS) is 10.3. The van der Waals surface area contributed by atoms with Crippen molar-refractivity contribution in [3.8, 4) is 0 Å². The van der Waals surface area contributed by atoms with Gasteiger partial charge in [-0.05, 0) is 24.1 Å². The monoisotopic (exact) mass is 243 g/mol. The van der Waals surface area contributed by atoms with E-state index in [9.17, 15) is 0 Å². The number of nitrogens with one attached hydrogen (secondary N) is 2. The molecule has 0 aromatic heterocycles. The summed E-state index contributed by atoms with van der Waals surface area (Å²) in [5, 5.41) is 3.15. The highest BCUT2D eigenvalue weighted by molar-refractivity contribution is 9.10. The van der Waals surface area contributed by atoms with Gasteiger partial charge in [0.2, 0.25) is 0 Å². The number of hydrogen-bond acceptors (Lipinski definition) is 3. The molecule has 0 heterocycles. The Balaban J connectivity index is 2.25. The maximum Gasteiger partial charge on any atom is 0.0587 e. The van der Waals surface area contributed by atoms with Gasteiger partial charge in [0, 0.05) is 11.0 Å². The number of halogens is 1. The van der Waals surface area contributed by atoms with E-state index in [-0.39, 0.29) is 0 Å². The molecule has 0 aliphatic carbocycles. The fourth-order valence-electron chi connectivity index (χ4n) is 1.04. The summed E-state index contributed by atoms with van der Waals surface area (Å²) in [6.45, 7) is 1.59. The summed E-state index contributed by atoms with van der Waals surface area (Å²) in [4.78, 5) is 0. The lowest BCUT2D eigenvalue weighted by molar-refractivity contribution is 0.602. The lowest BCUT2D eigenvalue weighted by atomic mass is 10.1. The molecule has 0 fully saturated rings. The Labute approximate surface area is 86.8 Å². The van der Waals surface area contributed by atoms with Crippen molar-refractivity contribution in [2.45, 2.75) is 6.42 Å². The van der Waals surface area contributed by atoms with Crippen LogP contribution in [0.15, 0.2) is 28.7 Å². The summed E-state index contributed by atoms with van der Waals surface area (Å²) in [5.74, 6) is 5.11. The molecule has 3 nitrogen and oxygen atoms in total. The quantitative estimate of drug-likeness (QED) is 0.313. The molecular formula is C9H14BrN3. The molecule has 72 valence electrons. The zero-order valence-electron chi connectivity index (χ0n) is 7.39. The Morgan fingerprint density at radius 2 is 1.92 bits per heavy atom. The molecular weight excluding hydrogens is 230 g/mol. The second kappa shape index (κ2) is 6.10. The van der Waals surface area contributed by atoms with Gasteiger partial charge in [0.05, 0.1) is 6.67 Å². The van der Waals surface area contributed by atoms with Crippen LogP contribution in [-0.2, 0) is 6.42 Å². The predicted octanol–water partition coefficient (Wildman–Crippen LogP) is 1.00. The van der Waals surface area contributed by atoms with Crippen LogP contribution in [0.5, 0.6) is 0 Å². The molecule has 0 amide bonds. The van der Waals surface area contributed by atoms with Crippen molar-refractivity contribution in [3.05, 3.63) is 34.3 Å². The van der Waals surface area contributed by atoms with Crippen molar-refractivity contribution in [2.24, 2.45) is 5.84 Å². The van der Waals surface area contributed by atoms with Crippen LogP contribution in [0.1, 0.15) is 5.56 Å². The Bertz CT molecular complexity index is 235. The molecule has 13 heavy (non-hydrogen) atoms. The largest absolute Gasteiger partial charge is 0.303 e. The standard InChI is InChI=1S/C9H14BrN3/c10-9-3-1-8(2-4-9)5-6-12-7-13-11/h1-4,12-13H,5-7,11H2. The van der Waals surface area contributed by atoms with Gasteiger partial charge in [-0.15, -0.1) is 0 Å². The van der Waals surface area contributed by atoms with Crippen molar-refractivity contribution >= 4 is 15.9 Å². The molecule has 0 bridgehead atoms. The van der Waals surface area contributed by atoms with Gasteiger partial charge >= 0.3 is 0 Å². The number of hydrogen-bond donors (Lipinski definition) is 3. The summed E-state index contributed by atoms with van der Waals surface area (Å²) in [6, 6.07) is 8.33. The maximum atomic E-state index is 5.11. The molecule has 1 rings (SSSR count). The van der Waals surface area contributed by atoms with E-state index in [1.165, 1.54) is 5.56 Å². The predicted molar refractivity (Wildman–Crippen MR) is 58.0 cm³/mol. The van der Waals surface area contributed by atoms with Crippen molar-refractivity contribution in [2.75, 3.05) is 13.2 Å². The van der Waals surface area contributed by atoms with Crippen LogP contribution in [0.4, 0.5) is 0 Å². The number of hydrazine groups is 1. The van der Waals surface area contributed by atoms with E-state index >= 15 is 0 Å². The van der Waals surface area contributed by atoms with E-state index in [2.05, 4.69) is 50.9 Å². The summed E-state index contributed by atoms with van der Waals surface area (Å²) in [6.07, 6.45) is 1.02. The van der Waals surface area contributed by atoms with E-state index in [1.54, 1.807) is 0 Å². The zero-order chi connectivity index (χ0) is 9.52. The van der Waals surface area contributed by atoms with Crippen LogP contribution in [0.2, 0.25) is 0 Å². The van der Waals surface area contributed by atoms with E-state index in [4.69, 9.17) is 5.84 Å².